The van der Waals surface area contributed by atoms with Crippen molar-refractivity contribution < 1.29 is 19.1 Å². The molecule has 1 aromatic carbocycles. The van der Waals surface area contributed by atoms with Gasteiger partial charge < -0.3 is 19.6 Å². The number of rotatable bonds is 3. The van der Waals surface area contributed by atoms with Gasteiger partial charge in [0.1, 0.15) is 5.76 Å². The summed E-state index contributed by atoms with van der Waals surface area (Å²) >= 11 is 6.11. The first kappa shape index (κ1) is 16.1. The lowest BCUT2D eigenvalue weighted by molar-refractivity contribution is 0.114. The Morgan fingerprint density at radius 2 is 2.17 bits per heavy atom. The average molecular weight is 348 g/mol. The maximum Gasteiger partial charge on any atom is 0.511 e. The molecule has 8 heteroatoms. The summed E-state index contributed by atoms with van der Waals surface area (Å²) < 4.78 is 10.4. The Morgan fingerprint density at radius 1 is 1.38 bits per heavy atom. The maximum atomic E-state index is 11.2. The highest BCUT2D eigenvalue weighted by atomic mass is 35.5. The van der Waals surface area contributed by atoms with E-state index in [1.165, 1.54) is 6.39 Å². The zero-order valence-electron chi connectivity index (χ0n) is 12.9. The molecule has 0 aliphatic carbocycles. The molecule has 0 amide bonds. The van der Waals surface area contributed by atoms with Gasteiger partial charge in [-0.3, -0.25) is 0 Å². The van der Waals surface area contributed by atoms with Gasteiger partial charge in [0, 0.05) is 10.7 Å². The van der Waals surface area contributed by atoms with Gasteiger partial charge in [-0.1, -0.05) is 23.7 Å². The number of carboxylic acid groups (broad SMARTS) is 1. The van der Waals surface area contributed by atoms with Crippen LogP contribution in [0.4, 0.5) is 4.79 Å². The monoisotopic (exact) mass is 347 g/mol. The van der Waals surface area contributed by atoms with Gasteiger partial charge in [-0.15, -0.1) is 10.2 Å². The third-order valence-electron chi connectivity index (χ3n) is 3.67. The molecular weight excluding hydrogens is 334 g/mol. The molecule has 1 unspecified atom stereocenters. The number of dihydropyridines is 1. The van der Waals surface area contributed by atoms with Crippen LogP contribution in [0, 0.1) is 0 Å². The highest BCUT2D eigenvalue weighted by Crippen LogP contribution is 2.43. The van der Waals surface area contributed by atoms with Crippen molar-refractivity contribution in [1.29, 1.82) is 0 Å². The summed E-state index contributed by atoms with van der Waals surface area (Å²) in [5, 5.41) is 20.4. The second-order valence-corrected chi connectivity index (χ2v) is 5.69. The van der Waals surface area contributed by atoms with Crippen molar-refractivity contribution in [3.63, 3.8) is 0 Å². The van der Waals surface area contributed by atoms with E-state index in [9.17, 15) is 4.79 Å². The van der Waals surface area contributed by atoms with Crippen LogP contribution in [-0.4, -0.2) is 21.5 Å². The molecular formula is C16H14ClN3O4. The maximum absolute atomic E-state index is 11.2. The molecule has 124 valence electrons. The fraction of sp³-hybridized carbons (Fsp3) is 0.188. The Kier molecular flexibility index (Phi) is 4.26. The highest BCUT2D eigenvalue weighted by Gasteiger charge is 2.35. The van der Waals surface area contributed by atoms with Crippen LogP contribution in [0.5, 0.6) is 0 Å². The summed E-state index contributed by atoms with van der Waals surface area (Å²) in [6.07, 6.45) is -0.185. The third kappa shape index (κ3) is 2.98. The smallest absolute Gasteiger partial charge is 0.449 e. The molecule has 24 heavy (non-hydrogen) atoms. The van der Waals surface area contributed by atoms with Crippen molar-refractivity contribution in [2.45, 2.75) is 19.8 Å². The summed E-state index contributed by atoms with van der Waals surface area (Å²) in [6, 6.07) is 7.11. The van der Waals surface area contributed by atoms with Crippen LogP contribution in [0.25, 0.3) is 5.57 Å². The van der Waals surface area contributed by atoms with Crippen LogP contribution < -0.4 is 5.32 Å². The Hall–Kier alpha value is -2.80. The Morgan fingerprint density at radius 3 is 2.79 bits per heavy atom. The zero-order valence-corrected chi connectivity index (χ0v) is 13.7. The van der Waals surface area contributed by atoms with Gasteiger partial charge >= 0.3 is 6.16 Å². The molecule has 0 radical (unpaired) electrons. The topological polar surface area (TPSA) is 97.5 Å². The van der Waals surface area contributed by atoms with Crippen LogP contribution in [-0.2, 0) is 4.74 Å². The molecule has 0 saturated heterocycles. The minimum Gasteiger partial charge on any atom is -0.449 e. The molecule has 2 aromatic rings. The van der Waals surface area contributed by atoms with Gasteiger partial charge in [-0.2, -0.15) is 0 Å². The number of halogens is 1. The summed E-state index contributed by atoms with van der Waals surface area (Å²) in [6.45, 7) is 3.59. The largest absolute Gasteiger partial charge is 0.511 e. The molecule has 0 saturated carbocycles. The van der Waals surface area contributed by atoms with E-state index in [2.05, 4.69) is 15.5 Å². The fourth-order valence-electron chi connectivity index (χ4n) is 2.78. The van der Waals surface area contributed by atoms with Gasteiger partial charge in [-0.25, -0.2) is 4.79 Å². The number of aromatic nitrogens is 2. The van der Waals surface area contributed by atoms with Crippen molar-refractivity contribution in [2.24, 2.45) is 0 Å². The Labute approximate surface area is 142 Å². The van der Waals surface area contributed by atoms with Gasteiger partial charge in [0.05, 0.1) is 17.2 Å². The van der Waals surface area contributed by atoms with E-state index in [1.54, 1.807) is 25.1 Å². The van der Waals surface area contributed by atoms with E-state index in [4.69, 9.17) is 25.9 Å². The number of hydrogen-bond donors (Lipinski definition) is 2. The number of carbonyl (C=O) groups is 1. The third-order valence-corrected chi connectivity index (χ3v) is 3.90. The van der Waals surface area contributed by atoms with E-state index in [0.29, 0.717) is 16.3 Å². The molecule has 1 aliphatic rings. The lowest BCUT2D eigenvalue weighted by Crippen LogP contribution is -2.26. The van der Waals surface area contributed by atoms with E-state index in [0.717, 1.165) is 11.3 Å². The fourth-order valence-corrected chi connectivity index (χ4v) is 2.98. The van der Waals surface area contributed by atoms with Crippen LogP contribution in [0.2, 0.25) is 5.02 Å². The second-order valence-electron chi connectivity index (χ2n) is 5.25. The Bertz CT molecular complexity index is 843. The number of allylic oxidation sites excluding steroid dienone is 3. The van der Waals surface area contributed by atoms with E-state index in [-0.39, 0.29) is 11.6 Å². The highest BCUT2D eigenvalue weighted by molar-refractivity contribution is 6.30. The number of ether oxygens (including phenoxy) is 1. The first-order chi connectivity index (χ1) is 11.5. The van der Waals surface area contributed by atoms with Crippen LogP contribution in [0.15, 0.2) is 52.2 Å². The summed E-state index contributed by atoms with van der Waals surface area (Å²) in [7, 11) is 0. The van der Waals surface area contributed by atoms with Crippen molar-refractivity contribution in [3.8, 4) is 0 Å². The lowest BCUT2D eigenvalue weighted by Gasteiger charge is -2.29. The molecule has 3 rings (SSSR count). The van der Waals surface area contributed by atoms with Gasteiger partial charge in [0.15, 0.2) is 0 Å². The first-order valence-corrected chi connectivity index (χ1v) is 7.46. The quantitative estimate of drug-likeness (QED) is 0.815. The molecule has 7 nitrogen and oxygen atoms in total. The summed E-state index contributed by atoms with van der Waals surface area (Å²) in [4.78, 5) is 11.2. The van der Waals surface area contributed by atoms with Crippen LogP contribution in [0.3, 0.4) is 0 Å². The molecule has 0 bridgehead atoms. The van der Waals surface area contributed by atoms with Crippen LogP contribution in [0.1, 0.15) is 31.2 Å². The van der Waals surface area contributed by atoms with E-state index >= 15 is 0 Å². The molecule has 1 atom stereocenters. The van der Waals surface area contributed by atoms with E-state index < -0.39 is 12.1 Å². The average Bonchev–Trinajstić information content (AvgIpc) is 3.03. The lowest BCUT2D eigenvalue weighted by atomic mass is 9.85. The molecule has 2 N–H and O–H groups in total. The zero-order chi connectivity index (χ0) is 17.3. The van der Waals surface area contributed by atoms with Gasteiger partial charge in [-0.05, 0) is 31.5 Å². The van der Waals surface area contributed by atoms with E-state index in [1.807, 2.05) is 13.0 Å². The van der Waals surface area contributed by atoms with Crippen molar-refractivity contribution in [1.82, 2.24) is 15.5 Å². The number of hydrogen-bond acceptors (Lipinski definition) is 6. The predicted octanol–water partition coefficient (Wildman–Crippen LogP) is 3.77. The molecule has 1 aromatic heterocycles. The normalized spacial score (nSPS) is 17.7. The van der Waals surface area contributed by atoms with Gasteiger partial charge in [0.2, 0.25) is 12.3 Å². The minimum atomic E-state index is -1.40. The predicted molar refractivity (Wildman–Crippen MR) is 86.0 cm³/mol. The second kappa shape index (κ2) is 6.37. The number of nitrogens with one attached hydrogen (secondary N) is 1. The summed E-state index contributed by atoms with van der Waals surface area (Å²) in [5.74, 6) is -0.0194. The first-order valence-electron chi connectivity index (χ1n) is 7.08. The summed E-state index contributed by atoms with van der Waals surface area (Å²) in [5.41, 5.74) is 2.74. The number of nitrogens with zero attached hydrogens (tertiary/aromatic N) is 2. The standard InChI is InChI=1S/C16H14ClN3O4/c1-8-12(15-20-18-7-23-15)13(10-4-3-5-11(17)6-10)14(9(2)19-8)24-16(21)22/h3-7,13,19H,1-2H3,(H,21,22). The molecule has 0 spiro atoms. The van der Waals surface area contributed by atoms with Crippen molar-refractivity contribution in [3.05, 3.63) is 64.3 Å². The minimum absolute atomic E-state index is 0.239. The SMILES string of the molecule is CC1=C(OC(=O)O)C(c2cccc(Cl)c2)C(c2nnco2)=C(C)N1. The molecule has 0 fully saturated rings. The van der Waals surface area contributed by atoms with Crippen molar-refractivity contribution >= 4 is 23.3 Å². The van der Waals surface area contributed by atoms with Crippen LogP contribution >= 0.6 is 11.6 Å². The molecule has 2 heterocycles. The number of benzene rings is 1. The molecule has 1 aliphatic heterocycles. The van der Waals surface area contributed by atoms with Crippen molar-refractivity contribution in [2.75, 3.05) is 0 Å². The van der Waals surface area contributed by atoms with Gasteiger partial charge in [0.25, 0.3) is 0 Å². The Balaban J connectivity index is 2.20.